The minimum Gasteiger partial charge on any atom is -0.399 e. The van der Waals surface area contributed by atoms with E-state index < -0.39 is 6.41 Å². The molecule has 1 aromatic rings. The van der Waals surface area contributed by atoms with Gasteiger partial charge in [-0.15, -0.1) is 0 Å². The Bertz CT molecular complexity index is 384. The first-order valence-corrected chi connectivity index (χ1v) is 7.26. The van der Waals surface area contributed by atoms with E-state index in [1.807, 2.05) is 56.9 Å². The normalized spacial score (nSPS) is 13.7. The van der Waals surface area contributed by atoms with Gasteiger partial charge in [0.15, 0.2) is 0 Å². The molecule has 4 nitrogen and oxygen atoms in total. The van der Waals surface area contributed by atoms with E-state index in [1.54, 1.807) is 0 Å². The van der Waals surface area contributed by atoms with Gasteiger partial charge < -0.3 is 15.6 Å². The summed E-state index contributed by atoms with van der Waals surface area (Å²) in [4.78, 5) is 1.93. The van der Waals surface area contributed by atoms with Gasteiger partial charge in [0.1, 0.15) is 0 Å². The minimum absolute atomic E-state index is 0.343. The van der Waals surface area contributed by atoms with E-state index >= 15 is 0 Å². The van der Waals surface area contributed by atoms with Gasteiger partial charge in [0.2, 0.25) is 6.41 Å². The summed E-state index contributed by atoms with van der Waals surface area (Å²) in [6, 6.07) is 7.94. The Balaban J connectivity index is 2.39. The third-order valence-electron chi connectivity index (χ3n) is 3.07. The zero-order valence-electron chi connectivity index (χ0n) is 13.1. The Labute approximate surface area is 122 Å². The topological polar surface area (TPSA) is 58.7 Å². The van der Waals surface area contributed by atoms with E-state index in [9.17, 15) is 5.11 Å². The number of nitrogens with zero attached hydrogens (tertiary/aromatic N) is 1. The number of rotatable bonds is 7. The van der Waals surface area contributed by atoms with Crippen molar-refractivity contribution in [3.63, 3.8) is 0 Å². The van der Waals surface area contributed by atoms with Gasteiger partial charge in [0.25, 0.3) is 0 Å². The molecule has 0 spiro atoms. The van der Waals surface area contributed by atoms with Crippen molar-refractivity contribution in [3.8, 4) is 0 Å². The average molecular weight is 280 g/mol. The van der Waals surface area contributed by atoms with Crippen LogP contribution < -0.4 is 5.73 Å². The summed E-state index contributed by atoms with van der Waals surface area (Å²) in [6.07, 6.45) is 1.10. The lowest BCUT2D eigenvalue weighted by molar-refractivity contribution is -0.238. The Morgan fingerprint density at radius 3 is 2.35 bits per heavy atom. The van der Waals surface area contributed by atoms with Crippen LogP contribution in [0.3, 0.4) is 0 Å². The predicted molar refractivity (Wildman–Crippen MR) is 83.3 cm³/mol. The standard InChI is InChI=1S/C16H28N2O2/c1-5-18(15(19)20-16(2,3)4)12-6-7-13-8-10-14(17)11-9-13/h8-11,15,19H,5-7,12,17H2,1-4H3. The number of aliphatic hydroxyl groups excluding tert-OH is 1. The van der Waals surface area contributed by atoms with Crippen molar-refractivity contribution in [3.05, 3.63) is 29.8 Å². The van der Waals surface area contributed by atoms with E-state index in [1.165, 1.54) is 5.56 Å². The minimum atomic E-state index is -0.841. The van der Waals surface area contributed by atoms with Crippen molar-refractivity contribution in [1.29, 1.82) is 0 Å². The molecule has 4 heteroatoms. The zero-order chi connectivity index (χ0) is 15.2. The fraction of sp³-hybridized carbons (Fsp3) is 0.625. The SMILES string of the molecule is CCN(CCCc1ccc(N)cc1)C(O)OC(C)(C)C. The van der Waals surface area contributed by atoms with Crippen molar-refractivity contribution in [2.45, 2.75) is 52.6 Å². The summed E-state index contributed by atoms with van der Waals surface area (Å²) < 4.78 is 5.57. The van der Waals surface area contributed by atoms with Crippen molar-refractivity contribution in [2.24, 2.45) is 0 Å². The number of anilines is 1. The summed E-state index contributed by atoms with van der Waals surface area (Å²) in [5, 5.41) is 10.1. The third-order valence-corrected chi connectivity index (χ3v) is 3.07. The van der Waals surface area contributed by atoms with Crippen molar-refractivity contribution in [1.82, 2.24) is 4.90 Å². The molecule has 0 bridgehead atoms. The monoisotopic (exact) mass is 280 g/mol. The molecule has 0 heterocycles. The van der Waals surface area contributed by atoms with Gasteiger partial charge in [-0.2, -0.15) is 0 Å². The summed E-state index contributed by atoms with van der Waals surface area (Å²) in [6.45, 7) is 9.42. The second-order valence-electron chi connectivity index (χ2n) is 6.03. The first kappa shape index (κ1) is 17.0. The molecule has 3 N–H and O–H groups in total. The van der Waals surface area contributed by atoms with Gasteiger partial charge in [-0.3, -0.25) is 4.90 Å². The molecule has 0 amide bonds. The van der Waals surface area contributed by atoms with Gasteiger partial charge >= 0.3 is 0 Å². The Hall–Kier alpha value is -1.10. The number of hydrogen-bond donors (Lipinski definition) is 2. The van der Waals surface area contributed by atoms with Crippen LogP contribution in [0.15, 0.2) is 24.3 Å². The lowest BCUT2D eigenvalue weighted by Gasteiger charge is -2.31. The van der Waals surface area contributed by atoms with Gasteiger partial charge in [-0.25, -0.2) is 0 Å². The van der Waals surface area contributed by atoms with Crippen LogP contribution in [0, 0.1) is 0 Å². The second kappa shape index (κ2) is 7.62. The first-order valence-electron chi connectivity index (χ1n) is 7.26. The number of aryl methyl sites for hydroxylation is 1. The molecule has 114 valence electrons. The second-order valence-corrected chi connectivity index (χ2v) is 6.03. The molecule has 0 saturated heterocycles. The lowest BCUT2D eigenvalue weighted by atomic mass is 10.1. The average Bonchev–Trinajstić information content (AvgIpc) is 2.34. The zero-order valence-corrected chi connectivity index (χ0v) is 13.1. The Morgan fingerprint density at radius 1 is 1.25 bits per heavy atom. The van der Waals surface area contributed by atoms with Crippen molar-refractivity contribution in [2.75, 3.05) is 18.8 Å². The quantitative estimate of drug-likeness (QED) is 0.595. The van der Waals surface area contributed by atoms with Gasteiger partial charge in [-0.05, 0) is 57.9 Å². The summed E-state index contributed by atoms with van der Waals surface area (Å²) in [7, 11) is 0. The molecule has 1 aromatic carbocycles. The number of hydrogen-bond acceptors (Lipinski definition) is 4. The van der Waals surface area contributed by atoms with Crippen LogP contribution in [0.5, 0.6) is 0 Å². The molecule has 0 aliphatic carbocycles. The number of nitrogens with two attached hydrogens (primary N) is 1. The molecular formula is C16H28N2O2. The summed E-state index contributed by atoms with van der Waals surface area (Å²) >= 11 is 0. The van der Waals surface area contributed by atoms with Crippen LogP contribution in [0.4, 0.5) is 5.69 Å². The van der Waals surface area contributed by atoms with Crippen LogP contribution in [-0.2, 0) is 11.2 Å². The molecule has 0 saturated carbocycles. The highest BCUT2D eigenvalue weighted by atomic mass is 16.6. The van der Waals surface area contributed by atoms with Crippen molar-refractivity contribution < 1.29 is 9.84 Å². The van der Waals surface area contributed by atoms with Gasteiger partial charge in [0, 0.05) is 12.2 Å². The van der Waals surface area contributed by atoms with Gasteiger partial charge in [-0.1, -0.05) is 19.1 Å². The number of benzene rings is 1. The summed E-state index contributed by atoms with van der Waals surface area (Å²) in [5.41, 5.74) is 7.38. The van der Waals surface area contributed by atoms with Gasteiger partial charge in [0.05, 0.1) is 5.60 Å². The maximum absolute atomic E-state index is 10.1. The maximum Gasteiger partial charge on any atom is 0.216 e. The lowest BCUT2D eigenvalue weighted by Crippen LogP contribution is -2.42. The summed E-state index contributed by atoms with van der Waals surface area (Å²) in [5.74, 6) is 0. The molecule has 0 aromatic heterocycles. The Kier molecular flexibility index (Phi) is 6.46. The predicted octanol–water partition coefficient (Wildman–Crippen LogP) is 2.61. The third kappa shape index (κ3) is 6.37. The fourth-order valence-corrected chi connectivity index (χ4v) is 1.99. The highest BCUT2D eigenvalue weighted by Crippen LogP contribution is 2.13. The van der Waals surface area contributed by atoms with Crippen molar-refractivity contribution >= 4 is 5.69 Å². The van der Waals surface area contributed by atoms with Crippen LogP contribution >= 0.6 is 0 Å². The highest BCUT2D eigenvalue weighted by molar-refractivity contribution is 5.39. The molecule has 1 rings (SSSR count). The maximum atomic E-state index is 10.1. The molecule has 0 radical (unpaired) electrons. The van der Waals surface area contributed by atoms with E-state index in [-0.39, 0.29) is 5.60 Å². The number of aliphatic hydroxyl groups is 1. The van der Waals surface area contributed by atoms with E-state index in [2.05, 4.69) is 0 Å². The fourth-order valence-electron chi connectivity index (χ4n) is 1.99. The molecule has 0 aliphatic heterocycles. The number of ether oxygens (including phenoxy) is 1. The molecule has 20 heavy (non-hydrogen) atoms. The van der Waals surface area contributed by atoms with Crippen LogP contribution in [0.2, 0.25) is 0 Å². The first-order chi connectivity index (χ1) is 9.31. The molecular weight excluding hydrogens is 252 g/mol. The molecule has 0 fully saturated rings. The van der Waals surface area contributed by atoms with Crippen LogP contribution in [0.25, 0.3) is 0 Å². The highest BCUT2D eigenvalue weighted by Gasteiger charge is 2.21. The van der Waals surface area contributed by atoms with E-state index in [4.69, 9.17) is 10.5 Å². The van der Waals surface area contributed by atoms with E-state index in [0.717, 1.165) is 31.6 Å². The molecule has 1 atom stereocenters. The largest absolute Gasteiger partial charge is 0.399 e. The smallest absolute Gasteiger partial charge is 0.216 e. The van der Waals surface area contributed by atoms with Crippen LogP contribution in [0.1, 0.15) is 39.7 Å². The number of nitrogen functional groups attached to an aromatic ring is 1. The van der Waals surface area contributed by atoms with E-state index in [0.29, 0.717) is 0 Å². The van der Waals surface area contributed by atoms with Crippen LogP contribution in [-0.4, -0.2) is 35.1 Å². The molecule has 0 aliphatic rings. The molecule has 1 unspecified atom stereocenters. The Morgan fingerprint density at radius 2 is 1.85 bits per heavy atom.